The van der Waals surface area contributed by atoms with E-state index in [-0.39, 0.29) is 32.7 Å². The summed E-state index contributed by atoms with van der Waals surface area (Å²) in [6.45, 7) is 8.73. The van der Waals surface area contributed by atoms with Crippen molar-refractivity contribution in [3.05, 3.63) is 71.6 Å². The van der Waals surface area contributed by atoms with E-state index in [2.05, 4.69) is 30.0 Å². The van der Waals surface area contributed by atoms with Crippen molar-refractivity contribution >= 4 is 11.4 Å². The molecule has 2 aromatic rings. The van der Waals surface area contributed by atoms with Crippen LogP contribution in [-0.2, 0) is 39.1 Å². The maximum Gasteiger partial charge on any atom is 0.0899 e. The number of aryl methyl sites for hydroxylation is 1. The molecule has 0 spiro atoms. The maximum absolute atomic E-state index is 6.60. The second-order valence-electron chi connectivity index (χ2n) is 3.36. The van der Waals surface area contributed by atoms with E-state index in [9.17, 15) is 0 Å². The van der Waals surface area contributed by atoms with Gasteiger partial charge < -0.3 is 5.73 Å². The molecule has 0 aromatic heterocycles. The first-order valence-corrected chi connectivity index (χ1v) is 5.36. The fourth-order valence-corrected chi connectivity index (χ4v) is 1.19. The summed E-state index contributed by atoms with van der Waals surface area (Å²) in [5, 5.41) is 0. The normalized spacial score (nSPS) is 8.22. The quantitative estimate of drug-likeness (QED) is 0.632. The standard InChI is InChI=1S/C8H9.C7H5N2.Y/c1-2-8-6-4-3-5-7-8;1-9-7-4-2-3-6(8)5-7;/h3-6H,2H2,1H3;2,4-5H,8H2;/q2*-1;. The van der Waals surface area contributed by atoms with Gasteiger partial charge in [0.1, 0.15) is 0 Å². The van der Waals surface area contributed by atoms with Crippen LogP contribution < -0.4 is 5.73 Å². The molecule has 2 nitrogen and oxygen atoms in total. The molecule has 0 atom stereocenters. The molecule has 0 saturated carbocycles. The molecule has 1 radical (unpaired) electrons. The van der Waals surface area contributed by atoms with Gasteiger partial charge in [-0.3, -0.25) is 4.85 Å². The number of nitrogens with zero attached hydrogens (tertiary/aromatic N) is 1. The van der Waals surface area contributed by atoms with Crippen molar-refractivity contribution in [3.63, 3.8) is 0 Å². The van der Waals surface area contributed by atoms with Gasteiger partial charge in [-0.15, -0.1) is 6.07 Å². The van der Waals surface area contributed by atoms with Gasteiger partial charge in [0.05, 0.1) is 12.3 Å². The van der Waals surface area contributed by atoms with Crippen LogP contribution in [0.2, 0.25) is 0 Å². The Balaban J connectivity index is 0.000000306. The van der Waals surface area contributed by atoms with E-state index in [0.29, 0.717) is 11.4 Å². The van der Waals surface area contributed by atoms with Crippen molar-refractivity contribution in [1.29, 1.82) is 0 Å². The Morgan fingerprint density at radius 2 is 2.00 bits per heavy atom. The number of nitrogen functional groups attached to an aromatic ring is 1. The zero-order chi connectivity index (χ0) is 12.5. The van der Waals surface area contributed by atoms with Crippen LogP contribution in [-0.4, -0.2) is 0 Å². The monoisotopic (exact) mass is 311 g/mol. The van der Waals surface area contributed by atoms with Crippen molar-refractivity contribution in [3.8, 4) is 0 Å². The number of anilines is 1. The topological polar surface area (TPSA) is 30.4 Å². The first kappa shape index (κ1) is 16.8. The molecule has 0 unspecified atom stereocenters. The molecule has 2 aromatic carbocycles. The molecule has 0 aliphatic carbocycles. The first-order valence-electron chi connectivity index (χ1n) is 5.36. The molecular weight excluding hydrogens is 297 g/mol. The van der Waals surface area contributed by atoms with Crippen molar-refractivity contribution < 1.29 is 32.7 Å². The molecule has 3 heteroatoms. The van der Waals surface area contributed by atoms with Gasteiger partial charge in [0, 0.05) is 32.7 Å². The molecule has 0 saturated heterocycles. The summed E-state index contributed by atoms with van der Waals surface area (Å²) in [6, 6.07) is 18.8. The second kappa shape index (κ2) is 9.82. The van der Waals surface area contributed by atoms with E-state index in [1.807, 2.05) is 18.2 Å². The maximum atomic E-state index is 6.60. The molecule has 0 aliphatic heterocycles. The smallest absolute Gasteiger partial charge is 0.0899 e. The summed E-state index contributed by atoms with van der Waals surface area (Å²) in [5.41, 5.74) is 7.70. The minimum Gasteiger partial charge on any atom is -0.421 e. The van der Waals surface area contributed by atoms with Gasteiger partial charge in [-0.05, 0) is 0 Å². The minimum absolute atomic E-state index is 0. The summed E-state index contributed by atoms with van der Waals surface area (Å²) in [6.07, 6.45) is 1.08. The summed E-state index contributed by atoms with van der Waals surface area (Å²) < 4.78 is 0. The number of nitrogens with two attached hydrogens (primary N) is 1. The molecule has 89 valence electrons. The van der Waals surface area contributed by atoms with Gasteiger partial charge in [-0.2, -0.15) is 54.1 Å². The fraction of sp³-hybridized carbons (Fsp3) is 0.133. The Morgan fingerprint density at radius 1 is 1.22 bits per heavy atom. The van der Waals surface area contributed by atoms with Crippen molar-refractivity contribution in [2.24, 2.45) is 0 Å². The largest absolute Gasteiger partial charge is 0.421 e. The van der Waals surface area contributed by atoms with Gasteiger partial charge in [0.25, 0.3) is 0 Å². The van der Waals surface area contributed by atoms with Crippen LogP contribution in [0.25, 0.3) is 4.85 Å². The third kappa shape index (κ3) is 6.54. The Morgan fingerprint density at radius 3 is 2.39 bits per heavy atom. The molecule has 2 rings (SSSR count). The van der Waals surface area contributed by atoms with E-state index in [1.165, 1.54) is 5.56 Å². The molecule has 0 aliphatic rings. The van der Waals surface area contributed by atoms with Gasteiger partial charge >= 0.3 is 0 Å². The van der Waals surface area contributed by atoms with E-state index in [1.54, 1.807) is 18.2 Å². The number of hydrogen-bond acceptors (Lipinski definition) is 1. The molecule has 0 amide bonds. The minimum atomic E-state index is 0. The van der Waals surface area contributed by atoms with Gasteiger partial charge in [0.15, 0.2) is 0 Å². The molecule has 0 heterocycles. The summed E-state index contributed by atoms with van der Waals surface area (Å²) in [4.78, 5) is 3.18. The van der Waals surface area contributed by atoms with E-state index >= 15 is 0 Å². The zero-order valence-corrected chi connectivity index (χ0v) is 13.2. The Kier molecular flexibility index (Phi) is 9.19. The Bertz CT molecular complexity index is 489. The van der Waals surface area contributed by atoms with Gasteiger partial charge in [-0.1, -0.05) is 19.0 Å². The predicted octanol–water partition coefficient (Wildman–Crippen LogP) is 3.67. The fourth-order valence-electron chi connectivity index (χ4n) is 1.19. The molecule has 2 N–H and O–H groups in total. The van der Waals surface area contributed by atoms with E-state index in [0.717, 1.165) is 6.42 Å². The van der Waals surface area contributed by atoms with E-state index in [4.69, 9.17) is 12.3 Å². The van der Waals surface area contributed by atoms with Crippen LogP contribution in [0, 0.1) is 18.7 Å². The number of rotatable bonds is 1. The summed E-state index contributed by atoms with van der Waals surface area (Å²) in [5.74, 6) is 0. The van der Waals surface area contributed by atoms with Gasteiger partial charge in [-0.25, -0.2) is 0 Å². The summed E-state index contributed by atoms with van der Waals surface area (Å²) >= 11 is 0. The summed E-state index contributed by atoms with van der Waals surface area (Å²) in [7, 11) is 0. The van der Waals surface area contributed by atoms with E-state index < -0.39 is 0 Å². The van der Waals surface area contributed by atoms with Crippen LogP contribution in [0.15, 0.2) is 42.5 Å². The van der Waals surface area contributed by atoms with Crippen molar-refractivity contribution in [2.45, 2.75) is 13.3 Å². The third-order valence-electron chi connectivity index (χ3n) is 2.09. The molecule has 0 fully saturated rings. The predicted molar refractivity (Wildman–Crippen MR) is 70.6 cm³/mol. The molecule has 0 bridgehead atoms. The van der Waals surface area contributed by atoms with Crippen molar-refractivity contribution in [2.75, 3.05) is 5.73 Å². The second-order valence-corrected chi connectivity index (χ2v) is 3.36. The molecular formula is C15H14N2Y-2. The average molecular weight is 311 g/mol. The Labute approximate surface area is 134 Å². The first-order chi connectivity index (χ1) is 8.26. The number of benzene rings is 2. The zero-order valence-electron chi connectivity index (χ0n) is 10.4. The van der Waals surface area contributed by atoms with Crippen molar-refractivity contribution in [1.82, 2.24) is 0 Å². The molecule has 18 heavy (non-hydrogen) atoms. The number of hydrogen-bond donors (Lipinski definition) is 1. The third-order valence-corrected chi connectivity index (χ3v) is 2.09. The van der Waals surface area contributed by atoms with Crippen LogP contribution in [0.4, 0.5) is 11.4 Å². The average Bonchev–Trinajstić information content (AvgIpc) is 2.40. The van der Waals surface area contributed by atoms with Crippen LogP contribution in [0.5, 0.6) is 0 Å². The van der Waals surface area contributed by atoms with Crippen LogP contribution >= 0.6 is 0 Å². The SMILES string of the molecule is CCc1[c-]cccc1.[C-]#[N+]c1cc[c-]c(N)c1.[Y]. The van der Waals surface area contributed by atoms with Crippen LogP contribution in [0.1, 0.15) is 12.5 Å². The van der Waals surface area contributed by atoms with Gasteiger partial charge in [0.2, 0.25) is 0 Å². The van der Waals surface area contributed by atoms with Crippen LogP contribution in [0.3, 0.4) is 0 Å². The Hall–Kier alpha value is -1.17.